The van der Waals surface area contributed by atoms with Gasteiger partial charge in [0.05, 0.1) is 41.2 Å². The van der Waals surface area contributed by atoms with Crippen molar-refractivity contribution < 1.29 is 18.7 Å². The number of aromatic nitrogens is 1. The topological polar surface area (TPSA) is 99.5 Å². The molecule has 2 fully saturated rings. The van der Waals surface area contributed by atoms with Gasteiger partial charge in [-0.2, -0.15) is 5.26 Å². The van der Waals surface area contributed by atoms with Gasteiger partial charge < -0.3 is 20.1 Å². The first-order valence-corrected chi connectivity index (χ1v) is 13.2. The standard InChI is InChI=1S/C29H29ClFN5O3/c1-38-26-15-24-21(28(19(16-32)17-33-24)34-20-4-5-23(31)22(30)13-20)14-25(26)35-27(37)3-2-9-36-10-6-29(7-11-36)8-12-39-18-29/h2-5,13-15,17H,6-12,18H2,1H3,(H,33,34)(H,35,37)/b3-2+. The van der Waals surface area contributed by atoms with E-state index in [2.05, 4.69) is 26.6 Å². The molecule has 0 aliphatic carbocycles. The molecule has 5 rings (SSSR count). The molecule has 202 valence electrons. The molecule has 2 saturated heterocycles. The fourth-order valence-corrected chi connectivity index (χ4v) is 5.34. The van der Waals surface area contributed by atoms with E-state index in [4.69, 9.17) is 21.1 Å². The maximum Gasteiger partial charge on any atom is 0.248 e. The molecule has 0 unspecified atom stereocenters. The third-order valence-electron chi connectivity index (χ3n) is 7.49. The highest BCUT2D eigenvalue weighted by molar-refractivity contribution is 6.31. The van der Waals surface area contributed by atoms with Crippen LogP contribution >= 0.6 is 11.6 Å². The first-order chi connectivity index (χ1) is 18.9. The van der Waals surface area contributed by atoms with Gasteiger partial charge in [0, 0.05) is 42.6 Å². The minimum Gasteiger partial charge on any atom is -0.494 e. The smallest absolute Gasteiger partial charge is 0.248 e. The zero-order valence-electron chi connectivity index (χ0n) is 21.6. The van der Waals surface area contributed by atoms with E-state index >= 15 is 0 Å². The van der Waals surface area contributed by atoms with Crippen LogP contribution in [0.5, 0.6) is 5.75 Å². The van der Waals surface area contributed by atoms with E-state index in [0.717, 1.165) is 45.6 Å². The van der Waals surface area contributed by atoms with Crippen molar-refractivity contribution in [1.29, 1.82) is 5.26 Å². The number of fused-ring (bicyclic) bond motifs is 1. The molecule has 8 nitrogen and oxygen atoms in total. The SMILES string of the molecule is COc1cc2ncc(C#N)c(Nc3ccc(F)c(Cl)c3)c2cc1NC(=O)/C=C/CN1CCC2(CCOC2)CC1. The van der Waals surface area contributed by atoms with E-state index in [1.165, 1.54) is 37.6 Å². The van der Waals surface area contributed by atoms with Crippen molar-refractivity contribution in [2.45, 2.75) is 19.3 Å². The molecule has 0 bridgehead atoms. The number of nitrogens with one attached hydrogen (secondary N) is 2. The normalized spacial score (nSPS) is 17.0. The number of amides is 1. The fraction of sp³-hybridized carbons (Fsp3) is 0.345. The summed E-state index contributed by atoms with van der Waals surface area (Å²) in [4.78, 5) is 19.5. The van der Waals surface area contributed by atoms with Crippen molar-refractivity contribution in [2.75, 3.05) is 50.6 Å². The fourth-order valence-electron chi connectivity index (χ4n) is 5.16. The van der Waals surface area contributed by atoms with Crippen LogP contribution in [0, 0.1) is 22.6 Å². The first-order valence-electron chi connectivity index (χ1n) is 12.8. The average Bonchev–Trinajstić information content (AvgIpc) is 3.39. The lowest BCUT2D eigenvalue weighted by atomic mass is 9.78. The predicted octanol–water partition coefficient (Wildman–Crippen LogP) is 5.65. The zero-order chi connectivity index (χ0) is 27.4. The summed E-state index contributed by atoms with van der Waals surface area (Å²) < 4.78 is 24.8. The second-order valence-corrected chi connectivity index (χ2v) is 10.4. The summed E-state index contributed by atoms with van der Waals surface area (Å²) >= 11 is 5.94. The van der Waals surface area contributed by atoms with Gasteiger partial charge in [0.1, 0.15) is 17.6 Å². The van der Waals surface area contributed by atoms with Crippen molar-refractivity contribution in [3.8, 4) is 11.8 Å². The number of ether oxygens (including phenoxy) is 2. The van der Waals surface area contributed by atoms with Crippen LogP contribution in [-0.2, 0) is 9.53 Å². The molecule has 2 aliphatic heterocycles. The predicted molar refractivity (Wildman–Crippen MR) is 149 cm³/mol. The molecule has 0 atom stereocenters. The lowest BCUT2D eigenvalue weighted by Gasteiger charge is -2.37. The van der Waals surface area contributed by atoms with Gasteiger partial charge in [-0.3, -0.25) is 14.7 Å². The molecule has 2 aliphatic rings. The number of pyridine rings is 1. The molecule has 0 saturated carbocycles. The Morgan fingerprint density at radius 2 is 2.13 bits per heavy atom. The number of nitriles is 1. The lowest BCUT2D eigenvalue weighted by Crippen LogP contribution is -2.40. The molecular formula is C29H29ClFN5O3. The summed E-state index contributed by atoms with van der Waals surface area (Å²) in [7, 11) is 1.51. The van der Waals surface area contributed by atoms with E-state index in [-0.39, 0.29) is 16.5 Å². The number of benzene rings is 2. The van der Waals surface area contributed by atoms with Crippen molar-refractivity contribution in [3.05, 3.63) is 65.1 Å². The van der Waals surface area contributed by atoms with Crippen LogP contribution in [0.15, 0.2) is 48.7 Å². The lowest BCUT2D eigenvalue weighted by molar-refractivity contribution is -0.111. The number of hydrogen-bond acceptors (Lipinski definition) is 7. The number of hydrogen-bond donors (Lipinski definition) is 2. The number of carbonyl (C=O) groups excluding carboxylic acids is 1. The Morgan fingerprint density at radius 1 is 1.31 bits per heavy atom. The van der Waals surface area contributed by atoms with Gasteiger partial charge in [-0.15, -0.1) is 0 Å². The Labute approximate surface area is 231 Å². The van der Waals surface area contributed by atoms with E-state index in [1.54, 1.807) is 12.1 Å². The molecular weight excluding hydrogens is 521 g/mol. The van der Waals surface area contributed by atoms with Gasteiger partial charge in [-0.05, 0) is 62.0 Å². The maximum atomic E-state index is 13.7. The van der Waals surface area contributed by atoms with E-state index in [0.29, 0.717) is 45.7 Å². The summed E-state index contributed by atoms with van der Waals surface area (Å²) in [6, 6.07) is 9.72. The van der Waals surface area contributed by atoms with E-state index in [9.17, 15) is 14.4 Å². The molecule has 3 heterocycles. The zero-order valence-corrected chi connectivity index (χ0v) is 22.4. The number of carbonyl (C=O) groups is 1. The second kappa shape index (κ2) is 11.6. The molecule has 2 aromatic carbocycles. The van der Waals surface area contributed by atoms with E-state index in [1.807, 2.05) is 6.08 Å². The van der Waals surface area contributed by atoms with E-state index < -0.39 is 5.82 Å². The number of likely N-dealkylation sites (tertiary alicyclic amines) is 1. The van der Waals surface area contributed by atoms with Gasteiger partial charge in [0.2, 0.25) is 5.91 Å². The molecule has 1 amide bonds. The molecule has 10 heteroatoms. The third kappa shape index (κ3) is 5.98. The Kier molecular flexibility index (Phi) is 7.98. The molecule has 1 aromatic heterocycles. The quantitative estimate of drug-likeness (QED) is 0.367. The highest BCUT2D eigenvalue weighted by atomic mass is 35.5. The average molecular weight is 550 g/mol. The van der Waals surface area contributed by atoms with Crippen LogP contribution in [0.2, 0.25) is 5.02 Å². The van der Waals surface area contributed by atoms with Crippen LogP contribution in [0.3, 0.4) is 0 Å². The molecule has 3 aromatic rings. The van der Waals surface area contributed by atoms with Crippen LogP contribution in [-0.4, -0.2) is 55.7 Å². The number of piperidine rings is 1. The second-order valence-electron chi connectivity index (χ2n) is 9.98. The molecule has 2 N–H and O–H groups in total. The third-order valence-corrected chi connectivity index (χ3v) is 7.78. The number of anilines is 3. The van der Waals surface area contributed by atoms with Gasteiger partial charge in [0.25, 0.3) is 0 Å². The highest BCUT2D eigenvalue weighted by Crippen LogP contribution is 2.39. The maximum absolute atomic E-state index is 13.7. The van der Waals surface area contributed by atoms with Crippen molar-refractivity contribution in [1.82, 2.24) is 9.88 Å². The Hall–Kier alpha value is -3.71. The highest BCUT2D eigenvalue weighted by Gasteiger charge is 2.37. The van der Waals surface area contributed by atoms with Gasteiger partial charge in [-0.1, -0.05) is 17.7 Å². The Bertz CT molecular complexity index is 1460. The minimum absolute atomic E-state index is 0.0464. The van der Waals surface area contributed by atoms with Crippen molar-refractivity contribution >= 4 is 45.5 Å². The summed E-state index contributed by atoms with van der Waals surface area (Å²) in [5, 5.41) is 16.3. The van der Waals surface area contributed by atoms with Gasteiger partial charge >= 0.3 is 0 Å². The molecule has 39 heavy (non-hydrogen) atoms. The van der Waals surface area contributed by atoms with Crippen molar-refractivity contribution in [2.24, 2.45) is 5.41 Å². The van der Waals surface area contributed by atoms with Gasteiger partial charge in [0.15, 0.2) is 0 Å². The number of halogens is 2. The molecule has 1 spiro atoms. The van der Waals surface area contributed by atoms with Crippen LogP contribution in [0.25, 0.3) is 10.9 Å². The number of methoxy groups -OCH3 is 1. The number of rotatable bonds is 7. The minimum atomic E-state index is -0.544. The van der Waals surface area contributed by atoms with Gasteiger partial charge in [-0.25, -0.2) is 4.39 Å². The summed E-state index contributed by atoms with van der Waals surface area (Å²) in [6.45, 7) is 4.43. The first kappa shape index (κ1) is 26.9. The monoisotopic (exact) mass is 549 g/mol. The Balaban J connectivity index is 1.33. The summed E-state index contributed by atoms with van der Waals surface area (Å²) in [6.07, 6.45) is 8.23. The summed E-state index contributed by atoms with van der Waals surface area (Å²) in [5.41, 5.74) is 2.55. The van der Waals surface area contributed by atoms with Crippen LogP contribution < -0.4 is 15.4 Å². The van der Waals surface area contributed by atoms with Crippen LogP contribution in [0.4, 0.5) is 21.5 Å². The Morgan fingerprint density at radius 3 is 2.82 bits per heavy atom. The molecule has 0 radical (unpaired) electrons. The largest absolute Gasteiger partial charge is 0.494 e. The van der Waals surface area contributed by atoms with Crippen molar-refractivity contribution in [3.63, 3.8) is 0 Å². The number of nitrogens with zero attached hydrogens (tertiary/aromatic N) is 3. The summed E-state index contributed by atoms with van der Waals surface area (Å²) in [5.74, 6) is -0.412. The van der Waals surface area contributed by atoms with Crippen LogP contribution in [0.1, 0.15) is 24.8 Å².